The zero-order valence-electron chi connectivity index (χ0n) is 24.2. The second-order valence-electron chi connectivity index (χ2n) is 13.0. The summed E-state index contributed by atoms with van der Waals surface area (Å²) >= 11 is 0. The molecule has 4 aliphatic carbocycles. The van der Waals surface area contributed by atoms with Crippen LogP contribution in [-0.4, -0.2) is 34.6 Å². The molecule has 38 heavy (non-hydrogen) atoms. The minimum atomic E-state index is -0.226. The highest BCUT2D eigenvalue weighted by Gasteiger charge is 2.60. The molecule has 3 fully saturated rings. The molecule has 5 nitrogen and oxygen atoms in total. The number of nitrogens with one attached hydrogen (secondary N) is 1. The molecule has 0 bridgehead atoms. The van der Waals surface area contributed by atoms with Crippen LogP contribution in [0.25, 0.3) is 0 Å². The molecule has 3 saturated carbocycles. The number of hydrogen-bond acceptors (Lipinski definition) is 5. The Bertz CT molecular complexity index is 1020. The number of allylic oxidation sites excluding steroid dienone is 1. The zero-order valence-corrected chi connectivity index (χ0v) is 24.2. The summed E-state index contributed by atoms with van der Waals surface area (Å²) in [6.07, 6.45) is 16.0. The summed E-state index contributed by atoms with van der Waals surface area (Å²) in [5.74, 6) is 3.09. The Hall–Kier alpha value is -1.72. The van der Waals surface area contributed by atoms with Crippen LogP contribution >= 0.6 is 0 Å². The minimum Gasteiger partial charge on any atom is -0.493 e. The van der Waals surface area contributed by atoms with E-state index in [-0.39, 0.29) is 23.0 Å². The molecule has 1 heterocycles. The van der Waals surface area contributed by atoms with E-state index in [9.17, 15) is 9.90 Å². The van der Waals surface area contributed by atoms with E-state index in [1.54, 1.807) is 0 Å². The molecule has 5 rings (SSSR count). The number of ketones is 1. The third-order valence-corrected chi connectivity index (χ3v) is 11.4. The predicted octanol–water partition coefficient (Wildman–Crippen LogP) is 6.95. The van der Waals surface area contributed by atoms with Gasteiger partial charge in [-0.25, -0.2) is 0 Å². The van der Waals surface area contributed by atoms with Gasteiger partial charge in [0.05, 0.1) is 18.4 Å². The molecule has 0 aromatic carbocycles. The van der Waals surface area contributed by atoms with Gasteiger partial charge in [-0.05, 0) is 106 Å². The van der Waals surface area contributed by atoms with E-state index in [0.29, 0.717) is 42.6 Å². The average Bonchev–Trinajstić information content (AvgIpc) is 3.26. The van der Waals surface area contributed by atoms with Crippen LogP contribution in [0.4, 0.5) is 0 Å². The number of nitrogens with zero attached hydrogens (tertiary/aromatic N) is 1. The number of aromatic nitrogens is 1. The molecule has 1 aromatic heterocycles. The number of hydrogen-bond donors (Lipinski definition) is 2. The van der Waals surface area contributed by atoms with Crippen molar-refractivity contribution in [1.29, 1.82) is 0 Å². The topological polar surface area (TPSA) is 71.5 Å². The van der Waals surface area contributed by atoms with Crippen molar-refractivity contribution in [1.82, 2.24) is 10.3 Å². The summed E-state index contributed by atoms with van der Waals surface area (Å²) in [6, 6.07) is 4.83. The van der Waals surface area contributed by atoms with Crippen molar-refractivity contribution in [3.8, 4) is 5.75 Å². The van der Waals surface area contributed by atoms with Gasteiger partial charge >= 0.3 is 0 Å². The molecular weight excluding hydrogens is 472 g/mol. The summed E-state index contributed by atoms with van der Waals surface area (Å²) in [6.45, 7) is 9.76. The number of aliphatic hydroxyl groups excluding tert-OH is 1. The van der Waals surface area contributed by atoms with Crippen LogP contribution < -0.4 is 10.1 Å². The van der Waals surface area contributed by atoms with Gasteiger partial charge in [-0.2, -0.15) is 0 Å². The number of fused-ring (bicyclic) bond motifs is 5. The summed E-state index contributed by atoms with van der Waals surface area (Å²) in [7, 11) is 0. The molecule has 0 amide bonds. The van der Waals surface area contributed by atoms with Crippen molar-refractivity contribution < 1.29 is 14.6 Å². The highest BCUT2D eigenvalue weighted by atomic mass is 16.5. The van der Waals surface area contributed by atoms with Crippen LogP contribution in [0.1, 0.15) is 116 Å². The lowest BCUT2D eigenvalue weighted by atomic mass is 9.46. The standard InChI is InChI=1S/C33H50N2O3/c1-5-23(6-2)35-29(7-3)30-21-25(14-18-34-30)38-19-17-33-16-13-27-26(28(33)10-11-31(33)37)9-8-22-20-24(36)12-15-32(22,27)4/h14,18,20-21,23,26-29,31,35,37H,5-13,15-17,19H2,1-4H3/t26?,27?,28?,29?,31-,32-,33+/m0/s1. The number of pyridine rings is 1. The van der Waals surface area contributed by atoms with Crippen molar-refractivity contribution in [2.45, 2.75) is 123 Å². The molecular formula is C33H50N2O3. The summed E-state index contributed by atoms with van der Waals surface area (Å²) in [5, 5.41) is 15.1. The predicted molar refractivity (Wildman–Crippen MR) is 152 cm³/mol. The van der Waals surface area contributed by atoms with E-state index in [1.165, 1.54) is 18.4 Å². The molecule has 0 radical (unpaired) electrons. The first-order valence-electron chi connectivity index (χ1n) is 15.6. The van der Waals surface area contributed by atoms with E-state index in [1.807, 2.05) is 18.3 Å². The maximum absolute atomic E-state index is 12.2. The first-order valence-corrected chi connectivity index (χ1v) is 15.6. The van der Waals surface area contributed by atoms with Crippen molar-refractivity contribution in [3.05, 3.63) is 35.7 Å². The third-order valence-electron chi connectivity index (χ3n) is 11.4. The minimum absolute atomic E-state index is 0.0257. The number of aliphatic hydroxyl groups is 1. The van der Waals surface area contributed by atoms with Crippen LogP contribution in [0.3, 0.4) is 0 Å². The SMILES string of the molecule is CCC(CC)NC(CC)c1cc(OCC[C@]23CCC4C(CCC5=CC(=O)CC[C@@]54C)C2CC[C@@H]3O)ccn1. The molecule has 7 atom stereocenters. The Morgan fingerprint density at radius 2 is 1.89 bits per heavy atom. The molecule has 4 aliphatic rings. The van der Waals surface area contributed by atoms with Gasteiger partial charge in [0.1, 0.15) is 5.75 Å². The van der Waals surface area contributed by atoms with Crippen molar-refractivity contribution in [2.24, 2.45) is 28.6 Å². The summed E-state index contributed by atoms with van der Waals surface area (Å²) in [4.78, 5) is 16.8. The van der Waals surface area contributed by atoms with E-state index >= 15 is 0 Å². The highest BCUT2D eigenvalue weighted by Crippen LogP contribution is 2.66. The smallest absolute Gasteiger partial charge is 0.155 e. The second-order valence-corrected chi connectivity index (χ2v) is 13.0. The Morgan fingerprint density at radius 1 is 1.08 bits per heavy atom. The van der Waals surface area contributed by atoms with Crippen LogP contribution in [0.5, 0.6) is 5.75 Å². The normalized spacial score (nSPS) is 35.3. The quantitative estimate of drug-likeness (QED) is 0.348. The van der Waals surface area contributed by atoms with Gasteiger partial charge < -0.3 is 15.2 Å². The van der Waals surface area contributed by atoms with Crippen molar-refractivity contribution in [2.75, 3.05) is 6.61 Å². The third kappa shape index (κ3) is 4.98. The lowest BCUT2D eigenvalue weighted by molar-refractivity contribution is -0.118. The summed E-state index contributed by atoms with van der Waals surface area (Å²) in [5.41, 5.74) is 2.63. The molecule has 4 unspecified atom stereocenters. The van der Waals surface area contributed by atoms with Gasteiger partial charge in [0.2, 0.25) is 0 Å². The van der Waals surface area contributed by atoms with E-state index in [0.717, 1.165) is 69.2 Å². The fraction of sp³-hybridized carbons (Fsp3) is 0.758. The molecule has 5 heteroatoms. The first-order chi connectivity index (χ1) is 18.3. The Labute approximate surface area is 230 Å². The fourth-order valence-corrected chi connectivity index (χ4v) is 9.11. The maximum atomic E-state index is 12.2. The molecule has 0 spiro atoms. The van der Waals surface area contributed by atoms with Crippen molar-refractivity contribution in [3.63, 3.8) is 0 Å². The van der Waals surface area contributed by atoms with Crippen LogP contribution in [0.2, 0.25) is 0 Å². The van der Waals surface area contributed by atoms with E-state index in [4.69, 9.17) is 4.74 Å². The summed E-state index contributed by atoms with van der Waals surface area (Å²) < 4.78 is 6.38. The molecule has 1 aromatic rings. The lowest BCUT2D eigenvalue weighted by Gasteiger charge is -2.58. The Kier molecular flexibility index (Phi) is 8.36. The maximum Gasteiger partial charge on any atom is 0.155 e. The van der Waals surface area contributed by atoms with Crippen LogP contribution in [0, 0.1) is 28.6 Å². The highest BCUT2D eigenvalue weighted by molar-refractivity contribution is 5.91. The Balaban J connectivity index is 1.26. The number of rotatable bonds is 10. The number of ether oxygens (including phenoxy) is 1. The second kappa shape index (κ2) is 11.4. The first kappa shape index (κ1) is 27.8. The molecule has 0 aliphatic heterocycles. The largest absolute Gasteiger partial charge is 0.493 e. The lowest BCUT2D eigenvalue weighted by Crippen LogP contribution is -2.52. The fourth-order valence-electron chi connectivity index (χ4n) is 9.11. The monoisotopic (exact) mass is 522 g/mol. The molecule has 210 valence electrons. The van der Waals surface area contributed by atoms with Crippen LogP contribution in [-0.2, 0) is 4.79 Å². The van der Waals surface area contributed by atoms with Gasteiger partial charge in [-0.15, -0.1) is 0 Å². The van der Waals surface area contributed by atoms with Gasteiger partial charge in [-0.3, -0.25) is 9.78 Å². The van der Waals surface area contributed by atoms with Gasteiger partial charge in [-0.1, -0.05) is 33.3 Å². The molecule has 2 N–H and O–H groups in total. The van der Waals surface area contributed by atoms with Crippen LogP contribution in [0.15, 0.2) is 30.0 Å². The number of carbonyl (C=O) groups excluding carboxylic acids is 1. The number of carbonyl (C=O) groups is 1. The zero-order chi connectivity index (χ0) is 26.9. The average molecular weight is 523 g/mol. The van der Waals surface area contributed by atoms with Gasteiger partial charge in [0.15, 0.2) is 5.78 Å². The van der Waals surface area contributed by atoms with Gasteiger partial charge in [0, 0.05) is 36.2 Å². The van der Waals surface area contributed by atoms with Gasteiger partial charge in [0.25, 0.3) is 0 Å². The Morgan fingerprint density at radius 3 is 2.66 bits per heavy atom. The van der Waals surface area contributed by atoms with Crippen molar-refractivity contribution >= 4 is 5.78 Å². The van der Waals surface area contributed by atoms with E-state index < -0.39 is 0 Å². The van der Waals surface area contributed by atoms with E-state index in [2.05, 4.69) is 44.1 Å². The molecule has 0 saturated heterocycles.